The number of benzene rings is 2. The third-order valence-electron chi connectivity index (χ3n) is 4.87. The summed E-state index contributed by atoms with van der Waals surface area (Å²) in [4.78, 5) is 3.42. The monoisotopic (exact) mass is 330 g/mol. The molecule has 0 radical (unpaired) electrons. The second kappa shape index (κ2) is 8.49. The summed E-state index contributed by atoms with van der Waals surface area (Å²) in [6.45, 7) is 7.41. The van der Waals surface area contributed by atoms with E-state index in [4.69, 9.17) is 11.6 Å². The fourth-order valence-corrected chi connectivity index (χ4v) is 3.68. The Kier molecular flexibility index (Phi) is 6.09. The Morgan fingerprint density at radius 1 is 0.783 bits per heavy atom. The van der Waals surface area contributed by atoms with Crippen LogP contribution in [0.2, 0.25) is 0 Å². The van der Waals surface area contributed by atoms with Crippen LogP contribution in [0.5, 0.6) is 0 Å². The molecule has 0 unspecified atom stereocenters. The maximum Gasteiger partial charge on any atom is 0.127 e. The van der Waals surface area contributed by atoms with E-state index in [2.05, 4.69) is 54.6 Å². The summed E-state index contributed by atoms with van der Waals surface area (Å²) in [7, 11) is 0. The smallest absolute Gasteiger partial charge is 0.127 e. The van der Waals surface area contributed by atoms with Gasteiger partial charge < -0.3 is 9.80 Å². The first-order valence-electron chi connectivity index (χ1n) is 8.71. The first kappa shape index (κ1) is 16.5. The Bertz CT molecular complexity index is 565. The van der Waals surface area contributed by atoms with Crippen molar-refractivity contribution in [3.8, 4) is 0 Å². The van der Waals surface area contributed by atoms with Gasteiger partial charge in [-0.2, -0.15) is 0 Å². The van der Waals surface area contributed by atoms with Crippen LogP contribution in [0.3, 0.4) is 0 Å². The third kappa shape index (κ3) is 5.07. The number of rotatable bonds is 6. The topological polar surface area (TPSA) is 8.88 Å². The maximum absolute atomic E-state index is 6.54. The summed E-state index contributed by atoms with van der Waals surface area (Å²) in [5.74, 6) is 0. The van der Waals surface area contributed by atoms with E-state index in [1.165, 1.54) is 43.9 Å². The molecule has 23 heavy (non-hydrogen) atoms. The molecular formula is C20H27ClN2+2. The van der Waals surface area contributed by atoms with Crippen molar-refractivity contribution >= 4 is 11.6 Å². The fourth-order valence-electron chi connectivity index (χ4n) is 3.43. The van der Waals surface area contributed by atoms with Crippen molar-refractivity contribution in [3.63, 3.8) is 0 Å². The minimum absolute atomic E-state index is 0.151. The molecule has 0 aliphatic carbocycles. The standard InChI is InChI=1S/C20H25ClN2/c21-20(19-9-5-2-6-10-19)11-12-22-13-15-23(16-14-22)17-18-7-3-1-4-8-18/h1-10,20H,11-17H2/p+2/t20-/m0/s1. The SMILES string of the molecule is Cl[C@@H](CC[NH+]1CC[NH+](Cc2ccccc2)CC1)c1ccccc1. The summed E-state index contributed by atoms with van der Waals surface area (Å²) in [6, 6.07) is 21.3. The van der Waals surface area contributed by atoms with Crippen LogP contribution in [0.1, 0.15) is 22.9 Å². The van der Waals surface area contributed by atoms with E-state index in [0.717, 1.165) is 13.0 Å². The second-order valence-electron chi connectivity index (χ2n) is 6.58. The Balaban J connectivity index is 1.39. The lowest BCUT2D eigenvalue weighted by molar-refractivity contribution is -1.02. The summed E-state index contributed by atoms with van der Waals surface area (Å²) in [5, 5.41) is 0.151. The first-order chi connectivity index (χ1) is 11.3. The fraction of sp³-hybridized carbons (Fsp3) is 0.400. The van der Waals surface area contributed by atoms with Gasteiger partial charge in [0.05, 0.1) is 11.9 Å². The summed E-state index contributed by atoms with van der Waals surface area (Å²) in [6.07, 6.45) is 1.06. The van der Waals surface area contributed by atoms with E-state index < -0.39 is 0 Å². The molecular weight excluding hydrogens is 304 g/mol. The molecule has 0 amide bonds. The number of halogens is 1. The highest BCUT2D eigenvalue weighted by molar-refractivity contribution is 6.20. The zero-order chi connectivity index (χ0) is 15.9. The molecule has 2 nitrogen and oxygen atoms in total. The van der Waals surface area contributed by atoms with E-state index in [1.807, 2.05) is 6.07 Å². The molecule has 0 spiro atoms. The van der Waals surface area contributed by atoms with Gasteiger partial charge in [0.1, 0.15) is 32.7 Å². The molecule has 1 fully saturated rings. The van der Waals surface area contributed by atoms with Crippen LogP contribution in [0.15, 0.2) is 60.7 Å². The quantitative estimate of drug-likeness (QED) is 0.740. The van der Waals surface area contributed by atoms with Gasteiger partial charge in [-0.25, -0.2) is 0 Å². The van der Waals surface area contributed by atoms with Crippen LogP contribution in [-0.4, -0.2) is 32.7 Å². The lowest BCUT2D eigenvalue weighted by atomic mass is 10.1. The Hall–Kier alpha value is -1.35. The summed E-state index contributed by atoms with van der Waals surface area (Å²) < 4.78 is 0. The minimum atomic E-state index is 0.151. The Morgan fingerprint density at radius 2 is 1.35 bits per heavy atom. The molecule has 0 bridgehead atoms. The highest BCUT2D eigenvalue weighted by atomic mass is 35.5. The van der Waals surface area contributed by atoms with Crippen LogP contribution < -0.4 is 9.80 Å². The number of quaternary nitrogens is 2. The Labute approximate surface area is 144 Å². The van der Waals surface area contributed by atoms with Crippen molar-refractivity contribution in [2.24, 2.45) is 0 Å². The molecule has 2 aromatic carbocycles. The lowest BCUT2D eigenvalue weighted by Crippen LogP contribution is -3.27. The number of hydrogen-bond donors (Lipinski definition) is 2. The van der Waals surface area contributed by atoms with Gasteiger partial charge in [0.2, 0.25) is 0 Å². The van der Waals surface area contributed by atoms with E-state index in [1.54, 1.807) is 9.80 Å². The predicted molar refractivity (Wildman–Crippen MR) is 96.1 cm³/mol. The second-order valence-corrected chi connectivity index (χ2v) is 7.11. The third-order valence-corrected chi connectivity index (χ3v) is 5.34. The summed E-state index contributed by atoms with van der Waals surface area (Å²) in [5.41, 5.74) is 2.71. The van der Waals surface area contributed by atoms with Gasteiger partial charge in [-0.05, 0) is 5.56 Å². The molecule has 0 saturated carbocycles. The van der Waals surface area contributed by atoms with Gasteiger partial charge in [-0.1, -0.05) is 60.7 Å². The highest BCUT2D eigenvalue weighted by Crippen LogP contribution is 2.22. The van der Waals surface area contributed by atoms with Crippen molar-refractivity contribution in [2.45, 2.75) is 18.3 Å². The largest absolute Gasteiger partial charge is 0.326 e. The molecule has 2 aromatic rings. The van der Waals surface area contributed by atoms with Crippen molar-refractivity contribution in [2.75, 3.05) is 32.7 Å². The first-order valence-corrected chi connectivity index (χ1v) is 9.15. The van der Waals surface area contributed by atoms with Gasteiger partial charge in [0.25, 0.3) is 0 Å². The van der Waals surface area contributed by atoms with Crippen LogP contribution in [-0.2, 0) is 6.54 Å². The summed E-state index contributed by atoms with van der Waals surface area (Å²) >= 11 is 6.54. The predicted octanol–water partition coefficient (Wildman–Crippen LogP) is 1.34. The van der Waals surface area contributed by atoms with Gasteiger partial charge in [-0.15, -0.1) is 11.6 Å². The average Bonchev–Trinajstić information content (AvgIpc) is 2.62. The van der Waals surface area contributed by atoms with Gasteiger partial charge >= 0.3 is 0 Å². The van der Waals surface area contributed by atoms with Crippen LogP contribution >= 0.6 is 11.6 Å². The molecule has 2 N–H and O–H groups in total. The molecule has 3 heteroatoms. The van der Waals surface area contributed by atoms with Crippen molar-refractivity contribution < 1.29 is 9.80 Å². The number of piperazine rings is 1. The van der Waals surface area contributed by atoms with Gasteiger partial charge in [0, 0.05) is 12.0 Å². The zero-order valence-corrected chi connectivity index (χ0v) is 14.4. The molecule has 1 saturated heterocycles. The Morgan fingerprint density at radius 3 is 2.00 bits per heavy atom. The van der Waals surface area contributed by atoms with E-state index in [9.17, 15) is 0 Å². The zero-order valence-electron chi connectivity index (χ0n) is 13.7. The van der Waals surface area contributed by atoms with Crippen LogP contribution in [0.4, 0.5) is 0 Å². The number of nitrogens with one attached hydrogen (secondary N) is 2. The molecule has 1 aliphatic heterocycles. The van der Waals surface area contributed by atoms with Crippen molar-refractivity contribution in [1.82, 2.24) is 0 Å². The lowest BCUT2D eigenvalue weighted by Gasteiger charge is -2.30. The van der Waals surface area contributed by atoms with E-state index in [-0.39, 0.29) is 5.38 Å². The molecule has 1 atom stereocenters. The average molecular weight is 331 g/mol. The molecule has 0 aromatic heterocycles. The van der Waals surface area contributed by atoms with Crippen molar-refractivity contribution in [3.05, 3.63) is 71.8 Å². The van der Waals surface area contributed by atoms with Crippen LogP contribution in [0, 0.1) is 0 Å². The maximum atomic E-state index is 6.54. The minimum Gasteiger partial charge on any atom is -0.326 e. The highest BCUT2D eigenvalue weighted by Gasteiger charge is 2.23. The number of alkyl halides is 1. The normalized spacial score (nSPS) is 22.7. The molecule has 3 rings (SSSR count). The molecule has 1 heterocycles. The van der Waals surface area contributed by atoms with Gasteiger partial charge in [0.15, 0.2) is 0 Å². The van der Waals surface area contributed by atoms with E-state index >= 15 is 0 Å². The number of hydrogen-bond acceptors (Lipinski definition) is 0. The molecule has 1 aliphatic rings. The van der Waals surface area contributed by atoms with E-state index in [0.29, 0.717) is 0 Å². The molecule has 122 valence electrons. The van der Waals surface area contributed by atoms with Crippen LogP contribution in [0.25, 0.3) is 0 Å². The van der Waals surface area contributed by atoms with Gasteiger partial charge in [-0.3, -0.25) is 0 Å². The van der Waals surface area contributed by atoms with Crippen molar-refractivity contribution in [1.29, 1.82) is 0 Å².